The Bertz CT molecular complexity index is 814. The van der Waals surface area contributed by atoms with Crippen molar-refractivity contribution in [3.63, 3.8) is 0 Å². The normalized spacial score (nSPS) is 16.8. The average molecular weight is 380 g/mol. The van der Waals surface area contributed by atoms with Crippen molar-refractivity contribution in [3.05, 3.63) is 64.2 Å². The van der Waals surface area contributed by atoms with Crippen LogP contribution in [0.25, 0.3) is 0 Å². The molecule has 0 spiro atoms. The molecule has 4 heteroatoms. The standard InChI is InChI=1S/C24H33N3O/c1-17-7-6-8-22(15-17)16-26-9-11-27(12-10-26)21(5)24(28)25-23-19(3)13-18(2)14-20(23)4/h6-8,13-15,21H,9-12,16H2,1-5H3,(H,25,28)/t21-/m0/s1. The van der Waals surface area contributed by atoms with Crippen LogP contribution in [0.3, 0.4) is 0 Å². The molecule has 3 rings (SSSR count). The lowest BCUT2D eigenvalue weighted by atomic mass is 10.0. The Morgan fingerprint density at radius 2 is 1.61 bits per heavy atom. The van der Waals surface area contributed by atoms with Gasteiger partial charge in [-0.2, -0.15) is 0 Å². The highest BCUT2D eigenvalue weighted by molar-refractivity contribution is 5.96. The van der Waals surface area contributed by atoms with Crippen molar-refractivity contribution >= 4 is 11.6 Å². The number of carbonyl (C=O) groups excluding carboxylic acids is 1. The second-order valence-electron chi connectivity index (χ2n) is 8.24. The van der Waals surface area contributed by atoms with Crippen LogP contribution in [0.5, 0.6) is 0 Å². The molecule has 1 saturated heterocycles. The summed E-state index contributed by atoms with van der Waals surface area (Å²) in [5.41, 5.74) is 7.11. The third-order valence-corrected chi connectivity index (χ3v) is 5.75. The average Bonchev–Trinajstić information content (AvgIpc) is 2.64. The number of piperazine rings is 1. The molecule has 1 aliphatic rings. The molecular weight excluding hydrogens is 346 g/mol. The summed E-state index contributed by atoms with van der Waals surface area (Å²) in [6.07, 6.45) is 0. The summed E-state index contributed by atoms with van der Waals surface area (Å²) in [5.74, 6) is 0.0854. The summed E-state index contributed by atoms with van der Waals surface area (Å²) in [5, 5.41) is 3.17. The van der Waals surface area contributed by atoms with Gasteiger partial charge >= 0.3 is 0 Å². The molecule has 28 heavy (non-hydrogen) atoms. The highest BCUT2D eigenvalue weighted by atomic mass is 16.2. The molecule has 2 aromatic carbocycles. The van der Waals surface area contributed by atoms with E-state index in [9.17, 15) is 4.79 Å². The summed E-state index contributed by atoms with van der Waals surface area (Å²) in [6.45, 7) is 15.2. The Balaban J connectivity index is 1.54. The van der Waals surface area contributed by atoms with Gasteiger partial charge in [-0.25, -0.2) is 0 Å². The van der Waals surface area contributed by atoms with E-state index in [1.165, 1.54) is 16.7 Å². The van der Waals surface area contributed by atoms with Crippen molar-refractivity contribution in [1.29, 1.82) is 0 Å². The maximum Gasteiger partial charge on any atom is 0.241 e. The number of hydrogen-bond acceptors (Lipinski definition) is 3. The molecule has 0 unspecified atom stereocenters. The van der Waals surface area contributed by atoms with Crippen LogP contribution in [0.2, 0.25) is 0 Å². The van der Waals surface area contributed by atoms with E-state index < -0.39 is 0 Å². The molecule has 0 radical (unpaired) electrons. The first-order chi connectivity index (χ1) is 13.3. The topological polar surface area (TPSA) is 35.6 Å². The van der Waals surface area contributed by atoms with Crippen molar-refractivity contribution in [2.75, 3.05) is 31.5 Å². The summed E-state index contributed by atoms with van der Waals surface area (Å²) >= 11 is 0. The fourth-order valence-corrected chi connectivity index (χ4v) is 4.15. The highest BCUT2D eigenvalue weighted by Crippen LogP contribution is 2.22. The van der Waals surface area contributed by atoms with E-state index in [0.29, 0.717) is 0 Å². The van der Waals surface area contributed by atoms with Gasteiger partial charge in [0.25, 0.3) is 0 Å². The van der Waals surface area contributed by atoms with Crippen LogP contribution in [0.4, 0.5) is 5.69 Å². The molecule has 1 amide bonds. The Hall–Kier alpha value is -2.17. The molecule has 1 fully saturated rings. The van der Waals surface area contributed by atoms with Gasteiger partial charge in [0, 0.05) is 38.4 Å². The lowest BCUT2D eigenvalue weighted by Crippen LogP contribution is -2.52. The van der Waals surface area contributed by atoms with Crippen molar-refractivity contribution in [3.8, 4) is 0 Å². The zero-order chi connectivity index (χ0) is 20.3. The number of carbonyl (C=O) groups is 1. The SMILES string of the molecule is Cc1cccc(CN2CCN([C@@H](C)C(=O)Nc3c(C)cc(C)cc3C)CC2)c1. The molecule has 1 aliphatic heterocycles. The predicted octanol–water partition coefficient (Wildman–Crippen LogP) is 4.07. The smallest absolute Gasteiger partial charge is 0.241 e. The number of nitrogens with zero attached hydrogens (tertiary/aromatic N) is 2. The Kier molecular flexibility index (Phi) is 6.53. The summed E-state index contributed by atoms with van der Waals surface area (Å²) in [6, 6.07) is 12.8. The van der Waals surface area contributed by atoms with Gasteiger partial charge in [-0.3, -0.25) is 14.6 Å². The van der Waals surface area contributed by atoms with E-state index in [1.54, 1.807) is 0 Å². The first-order valence-corrected chi connectivity index (χ1v) is 10.2. The van der Waals surface area contributed by atoms with Crippen molar-refractivity contribution in [2.24, 2.45) is 0 Å². The number of hydrogen-bond donors (Lipinski definition) is 1. The van der Waals surface area contributed by atoms with E-state index in [-0.39, 0.29) is 11.9 Å². The number of rotatable bonds is 5. The molecule has 0 bridgehead atoms. The van der Waals surface area contributed by atoms with Crippen molar-refractivity contribution < 1.29 is 4.79 Å². The minimum atomic E-state index is -0.124. The molecule has 0 aromatic heterocycles. The third-order valence-electron chi connectivity index (χ3n) is 5.75. The Morgan fingerprint density at radius 3 is 2.21 bits per heavy atom. The van der Waals surface area contributed by atoms with Crippen LogP contribution in [0.15, 0.2) is 36.4 Å². The fourth-order valence-electron chi connectivity index (χ4n) is 4.15. The summed E-state index contributed by atoms with van der Waals surface area (Å²) in [4.78, 5) is 17.6. The molecule has 2 aromatic rings. The van der Waals surface area contributed by atoms with Crippen LogP contribution >= 0.6 is 0 Å². The molecule has 0 aliphatic carbocycles. The van der Waals surface area contributed by atoms with Crippen LogP contribution < -0.4 is 5.32 Å². The van der Waals surface area contributed by atoms with Crippen LogP contribution in [0, 0.1) is 27.7 Å². The number of anilines is 1. The number of amides is 1. The first-order valence-electron chi connectivity index (χ1n) is 10.2. The number of benzene rings is 2. The van der Waals surface area contributed by atoms with Gasteiger partial charge in [-0.05, 0) is 51.3 Å². The minimum absolute atomic E-state index is 0.0854. The Labute approximate surface area is 169 Å². The number of aryl methyl sites for hydroxylation is 4. The molecule has 0 saturated carbocycles. The highest BCUT2D eigenvalue weighted by Gasteiger charge is 2.26. The Morgan fingerprint density at radius 1 is 0.964 bits per heavy atom. The van der Waals surface area contributed by atoms with Gasteiger partial charge in [-0.15, -0.1) is 0 Å². The molecule has 150 valence electrons. The lowest BCUT2D eigenvalue weighted by Gasteiger charge is -2.37. The van der Waals surface area contributed by atoms with Gasteiger partial charge in [0.1, 0.15) is 0 Å². The minimum Gasteiger partial charge on any atom is -0.324 e. The van der Waals surface area contributed by atoms with Gasteiger partial charge < -0.3 is 5.32 Å². The van der Waals surface area contributed by atoms with E-state index in [4.69, 9.17) is 0 Å². The maximum atomic E-state index is 12.8. The van der Waals surface area contributed by atoms with Crippen LogP contribution in [-0.4, -0.2) is 47.9 Å². The lowest BCUT2D eigenvalue weighted by molar-refractivity contribution is -0.121. The van der Waals surface area contributed by atoms with Gasteiger partial charge in [0.2, 0.25) is 5.91 Å². The van der Waals surface area contributed by atoms with Gasteiger partial charge in [-0.1, -0.05) is 47.5 Å². The maximum absolute atomic E-state index is 12.8. The van der Waals surface area contributed by atoms with Crippen LogP contribution in [0.1, 0.15) is 34.7 Å². The van der Waals surface area contributed by atoms with Gasteiger partial charge in [0.15, 0.2) is 0 Å². The van der Waals surface area contributed by atoms with E-state index in [2.05, 4.69) is 79.2 Å². The molecule has 1 heterocycles. The van der Waals surface area contributed by atoms with Crippen molar-refractivity contribution in [1.82, 2.24) is 9.80 Å². The van der Waals surface area contributed by atoms with Gasteiger partial charge in [0.05, 0.1) is 6.04 Å². The zero-order valence-electron chi connectivity index (χ0n) is 17.9. The van der Waals surface area contributed by atoms with Crippen molar-refractivity contribution in [2.45, 2.75) is 47.2 Å². The van der Waals surface area contributed by atoms with Crippen LogP contribution in [-0.2, 0) is 11.3 Å². The molecule has 1 atom stereocenters. The molecular formula is C24H33N3O. The second-order valence-corrected chi connectivity index (χ2v) is 8.24. The first kappa shape index (κ1) is 20.6. The number of nitrogens with one attached hydrogen (secondary N) is 1. The monoisotopic (exact) mass is 379 g/mol. The predicted molar refractivity (Wildman–Crippen MR) is 117 cm³/mol. The molecule has 1 N–H and O–H groups in total. The summed E-state index contributed by atoms with van der Waals surface area (Å²) in [7, 11) is 0. The fraction of sp³-hybridized carbons (Fsp3) is 0.458. The largest absolute Gasteiger partial charge is 0.324 e. The zero-order valence-corrected chi connectivity index (χ0v) is 17.9. The van der Waals surface area contributed by atoms with E-state index in [0.717, 1.165) is 49.5 Å². The quantitative estimate of drug-likeness (QED) is 0.851. The molecule has 4 nitrogen and oxygen atoms in total. The summed E-state index contributed by atoms with van der Waals surface area (Å²) < 4.78 is 0. The van der Waals surface area contributed by atoms with E-state index in [1.807, 2.05) is 6.92 Å². The third kappa shape index (κ3) is 5.00. The second kappa shape index (κ2) is 8.89. The van der Waals surface area contributed by atoms with E-state index >= 15 is 0 Å².